The molecule has 1 saturated carbocycles. The van der Waals surface area contributed by atoms with Gasteiger partial charge < -0.3 is 15.5 Å². The summed E-state index contributed by atoms with van der Waals surface area (Å²) in [6.07, 6.45) is 5.43. The van der Waals surface area contributed by atoms with Gasteiger partial charge in [-0.1, -0.05) is 86.0 Å². The highest BCUT2D eigenvalue weighted by atomic mass is 19.4. The van der Waals surface area contributed by atoms with E-state index in [4.69, 9.17) is 0 Å². The molecule has 5 rings (SSSR count). The van der Waals surface area contributed by atoms with Crippen molar-refractivity contribution < 1.29 is 18.0 Å². The number of aromatic nitrogens is 1. The van der Waals surface area contributed by atoms with E-state index < -0.39 is 17.8 Å². The molecule has 3 aromatic carbocycles. The molecule has 0 bridgehead atoms. The Kier molecular flexibility index (Phi) is 10.1. The smallest absolute Gasteiger partial charge is 0.316 e. The summed E-state index contributed by atoms with van der Waals surface area (Å²) in [5.41, 5.74) is 3.85. The van der Waals surface area contributed by atoms with Crippen LogP contribution < -0.4 is 10.6 Å². The standard InChI is InChI=1S/C35H37F3N4O/c36-35(37,38)32-10-4-5-11-33(32)41-34(43)42(25-29-9-6-20-39-23-29)24-28-14-18-31(19-15-28)30-16-12-27(13-17-30)22-40-21-26-7-2-1-3-8-26/h4-6,9-20,23,26,40H,1-3,7-8,21-22,24-25H2,(H,41,43). The van der Waals surface area contributed by atoms with Gasteiger partial charge in [-0.2, -0.15) is 13.2 Å². The van der Waals surface area contributed by atoms with Gasteiger partial charge in [0.05, 0.1) is 11.3 Å². The van der Waals surface area contributed by atoms with Crippen LogP contribution in [0, 0.1) is 5.92 Å². The van der Waals surface area contributed by atoms with Crippen molar-refractivity contribution in [1.29, 1.82) is 0 Å². The van der Waals surface area contributed by atoms with Crippen molar-refractivity contribution in [2.75, 3.05) is 11.9 Å². The molecule has 224 valence electrons. The predicted molar refractivity (Wildman–Crippen MR) is 164 cm³/mol. The number of rotatable bonds is 10. The third-order valence-electron chi connectivity index (χ3n) is 7.96. The number of urea groups is 1. The number of pyridine rings is 1. The van der Waals surface area contributed by atoms with E-state index in [-0.39, 0.29) is 18.8 Å². The Balaban J connectivity index is 1.24. The summed E-state index contributed by atoms with van der Waals surface area (Å²) in [6.45, 7) is 2.33. The van der Waals surface area contributed by atoms with Crippen LogP contribution in [0.1, 0.15) is 54.4 Å². The normalized spacial score (nSPS) is 13.9. The maximum absolute atomic E-state index is 13.5. The molecule has 1 heterocycles. The maximum Gasteiger partial charge on any atom is 0.418 e. The number of hydrogen-bond acceptors (Lipinski definition) is 3. The lowest BCUT2D eigenvalue weighted by molar-refractivity contribution is -0.136. The number of nitrogens with one attached hydrogen (secondary N) is 2. The SMILES string of the molecule is O=C(Nc1ccccc1C(F)(F)F)N(Cc1ccc(-c2ccc(CNCC3CCCCC3)cc2)cc1)Cc1cccnc1. The van der Waals surface area contributed by atoms with Gasteiger partial charge in [0.15, 0.2) is 0 Å². The molecule has 8 heteroatoms. The van der Waals surface area contributed by atoms with Crippen LogP contribution in [-0.4, -0.2) is 22.5 Å². The maximum atomic E-state index is 13.5. The molecule has 1 fully saturated rings. The fourth-order valence-corrected chi connectivity index (χ4v) is 5.60. The Morgan fingerprint density at radius 2 is 1.44 bits per heavy atom. The molecule has 1 aliphatic carbocycles. The van der Waals surface area contributed by atoms with Gasteiger partial charge in [-0.3, -0.25) is 4.98 Å². The van der Waals surface area contributed by atoms with Crippen LogP contribution >= 0.6 is 0 Å². The van der Waals surface area contributed by atoms with Crippen molar-refractivity contribution in [1.82, 2.24) is 15.2 Å². The van der Waals surface area contributed by atoms with E-state index in [1.54, 1.807) is 18.5 Å². The summed E-state index contributed by atoms with van der Waals surface area (Å²) in [5.74, 6) is 0.800. The zero-order chi connectivity index (χ0) is 30.1. The molecule has 0 atom stereocenters. The first-order valence-corrected chi connectivity index (χ1v) is 14.9. The monoisotopic (exact) mass is 586 g/mol. The minimum atomic E-state index is -4.59. The van der Waals surface area contributed by atoms with Crippen LogP contribution in [0.5, 0.6) is 0 Å². The number of halogens is 3. The van der Waals surface area contributed by atoms with Gasteiger partial charge >= 0.3 is 12.2 Å². The first-order valence-electron chi connectivity index (χ1n) is 14.9. The number of alkyl halides is 3. The minimum absolute atomic E-state index is 0.186. The minimum Gasteiger partial charge on any atom is -0.316 e. The van der Waals surface area contributed by atoms with Crippen LogP contribution in [0.25, 0.3) is 11.1 Å². The molecule has 2 N–H and O–H groups in total. The number of benzene rings is 3. The number of para-hydroxylation sites is 1. The van der Waals surface area contributed by atoms with E-state index >= 15 is 0 Å². The number of amides is 2. The van der Waals surface area contributed by atoms with Crippen molar-refractivity contribution in [2.45, 2.75) is 57.9 Å². The molecular weight excluding hydrogens is 549 g/mol. The summed E-state index contributed by atoms with van der Waals surface area (Å²) in [7, 11) is 0. The summed E-state index contributed by atoms with van der Waals surface area (Å²) in [5, 5.41) is 6.09. The zero-order valence-corrected chi connectivity index (χ0v) is 24.1. The molecule has 0 saturated heterocycles. The summed E-state index contributed by atoms with van der Waals surface area (Å²) < 4.78 is 40.6. The van der Waals surface area contributed by atoms with Crippen LogP contribution in [0.3, 0.4) is 0 Å². The highest BCUT2D eigenvalue weighted by molar-refractivity contribution is 5.90. The Labute approximate surface area is 251 Å². The molecule has 2 amide bonds. The third kappa shape index (κ3) is 8.67. The molecule has 5 nitrogen and oxygen atoms in total. The van der Waals surface area contributed by atoms with Crippen LogP contribution in [0.4, 0.5) is 23.7 Å². The Morgan fingerprint density at radius 3 is 2.09 bits per heavy atom. The Hall–Kier alpha value is -4.17. The van der Waals surface area contributed by atoms with Gasteiger partial charge in [-0.05, 0) is 71.3 Å². The molecular formula is C35H37F3N4O. The summed E-state index contributed by atoms with van der Waals surface area (Å²) in [4.78, 5) is 18.9. The topological polar surface area (TPSA) is 57.3 Å². The number of carbonyl (C=O) groups is 1. The first-order chi connectivity index (χ1) is 20.8. The molecule has 1 aromatic heterocycles. The molecule has 1 aliphatic rings. The second-order valence-electron chi connectivity index (χ2n) is 11.2. The highest BCUT2D eigenvalue weighted by Crippen LogP contribution is 2.35. The molecule has 0 spiro atoms. The second kappa shape index (κ2) is 14.3. The fourth-order valence-electron chi connectivity index (χ4n) is 5.60. The predicted octanol–water partition coefficient (Wildman–Crippen LogP) is 8.67. The van der Waals surface area contributed by atoms with Crippen molar-refractivity contribution in [3.05, 3.63) is 120 Å². The molecule has 4 aromatic rings. The second-order valence-corrected chi connectivity index (χ2v) is 11.2. The van der Waals surface area contributed by atoms with Crippen molar-refractivity contribution in [3.8, 4) is 11.1 Å². The average Bonchev–Trinajstić information content (AvgIpc) is 3.02. The number of anilines is 1. The molecule has 0 radical (unpaired) electrons. The van der Waals surface area contributed by atoms with Crippen LogP contribution in [0.15, 0.2) is 97.3 Å². The van der Waals surface area contributed by atoms with E-state index in [0.717, 1.165) is 47.3 Å². The van der Waals surface area contributed by atoms with Crippen molar-refractivity contribution in [3.63, 3.8) is 0 Å². The van der Waals surface area contributed by atoms with Gasteiger partial charge in [0.1, 0.15) is 0 Å². The van der Waals surface area contributed by atoms with E-state index in [2.05, 4.69) is 39.9 Å². The first kappa shape index (κ1) is 30.3. The van der Waals surface area contributed by atoms with E-state index in [1.807, 2.05) is 30.3 Å². The van der Waals surface area contributed by atoms with Crippen LogP contribution in [0.2, 0.25) is 0 Å². The highest BCUT2D eigenvalue weighted by Gasteiger charge is 2.34. The quantitative estimate of drug-likeness (QED) is 0.196. The van der Waals surface area contributed by atoms with Gasteiger partial charge in [0.25, 0.3) is 0 Å². The number of hydrogen-bond donors (Lipinski definition) is 2. The zero-order valence-electron chi connectivity index (χ0n) is 24.1. The lowest BCUT2D eigenvalue weighted by Gasteiger charge is -2.24. The van der Waals surface area contributed by atoms with E-state index in [9.17, 15) is 18.0 Å². The molecule has 0 aliphatic heterocycles. The van der Waals surface area contributed by atoms with Crippen molar-refractivity contribution in [2.24, 2.45) is 5.92 Å². The Bertz CT molecular complexity index is 1450. The lowest BCUT2D eigenvalue weighted by Crippen LogP contribution is -2.34. The van der Waals surface area contributed by atoms with Gasteiger partial charge in [-0.15, -0.1) is 0 Å². The van der Waals surface area contributed by atoms with Crippen LogP contribution in [-0.2, 0) is 25.8 Å². The average molecular weight is 587 g/mol. The summed E-state index contributed by atoms with van der Waals surface area (Å²) in [6, 6.07) is 24.4. The Morgan fingerprint density at radius 1 is 0.791 bits per heavy atom. The van der Waals surface area contributed by atoms with E-state index in [0.29, 0.717) is 0 Å². The van der Waals surface area contributed by atoms with Gasteiger partial charge in [0.2, 0.25) is 0 Å². The number of nitrogens with zero attached hydrogens (tertiary/aromatic N) is 2. The van der Waals surface area contributed by atoms with E-state index in [1.165, 1.54) is 60.8 Å². The number of carbonyl (C=O) groups excluding carboxylic acids is 1. The molecule has 43 heavy (non-hydrogen) atoms. The van der Waals surface area contributed by atoms with Gasteiger partial charge in [0, 0.05) is 32.0 Å². The lowest BCUT2D eigenvalue weighted by atomic mass is 9.89. The fraction of sp³-hybridized carbons (Fsp3) is 0.314. The third-order valence-corrected chi connectivity index (χ3v) is 7.96. The van der Waals surface area contributed by atoms with Gasteiger partial charge in [-0.25, -0.2) is 4.79 Å². The molecule has 0 unspecified atom stereocenters. The van der Waals surface area contributed by atoms with Crippen molar-refractivity contribution >= 4 is 11.7 Å². The summed E-state index contributed by atoms with van der Waals surface area (Å²) >= 11 is 0. The largest absolute Gasteiger partial charge is 0.418 e.